The van der Waals surface area contributed by atoms with Crippen LogP contribution in [0.25, 0.3) is 99.7 Å². The van der Waals surface area contributed by atoms with Gasteiger partial charge in [-0.1, -0.05) is 127 Å². The van der Waals surface area contributed by atoms with Gasteiger partial charge in [-0.15, -0.1) is 0 Å². The molecule has 54 heavy (non-hydrogen) atoms. The molecule has 0 unspecified atom stereocenters. The fraction of sp³-hybridized carbons (Fsp3) is 0. The Morgan fingerprint density at radius 2 is 0.926 bits per heavy atom. The van der Waals surface area contributed by atoms with Crippen LogP contribution in [0, 0.1) is 0 Å². The SMILES string of the molecule is c1ccc(-c2nc3ccccc3n2-c2ccc(-c3cccc(-c4nc5ccccc5c5cc6c7ccccc7n(-c7ccccc7)c6cc45)c3)cc2)cc1. The summed E-state index contributed by atoms with van der Waals surface area (Å²) < 4.78 is 4.64. The topological polar surface area (TPSA) is 35.6 Å². The van der Waals surface area contributed by atoms with Crippen LogP contribution in [0.1, 0.15) is 0 Å². The van der Waals surface area contributed by atoms with Gasteiger partial charge in [0.05, 0.1) is 33.3 Å². The predicted molar refractivity (Wildman–Crippen MR) is 225 cm³/mol. The Morgan fingerprint density at radius 1 is 0.296 bits per heavy atom. The van der Waals surface area contributed by atoms with Gasteiger partial charge in [0.15, 0.2) is 0 Å². The first-order chi connectivity index (χ1) is 26.8. The van der Waals surface area contributed by atoms with E-state index in [1.165, 1.54) is 27.2 Å². The van der Waals surface area contributed by atoms with Crippen LogP contribution >= 0.6 is 0 Å². The molecule has 11 rings (SSSR count). The van der Waals surface area contributed by atoms with Gasteiger partial charge < -0.3 is 4.57 Å². The highest BCUT2D eigenvalue weighted by molar-refractivity contribution is 6.20. The summed E-state index contributed by atoms with van der Waals surface area (Å²) in [5, 5.41) is 5.97. The molecule has 0 atom stereocenters. The third kappa shape index (κ3) is 4.78. The summed E-state index contributed by atoms with van der Waals surface area (Å²) >= 11 is 0. The molecule has 0 amide bonds. The summed E-state index contributed by atoms with van der Waals surface area (Å²) in [4.78, 5) is 10.4. The molecule has 8 aromatic carbocycles. The van der Waals surface area contributed by atoms with Crippen LogP contribution in [-0.2, 0) is 0 Å². The fourth-order valence-electron chi connectivity index (χ4n) is 8.21. The lowest BCUT2D eigenvalue weighted by Gasteiger charge is -2.14. The zero-order valence-corrected chi connectivity index (χ0v) is 29.3. The van der Waals surface area contributed by atoms with E-state index >= 15 is 0 Å². The second-order valence-corrected chi connectivity index (χ2v) is 13.8. The maximum atomic E-state index is 5.37. The van der Waals surface area contributed by atoms with Gasteiger partial charge in [0.2, 0.25) is 0 Å². The number of hydrogen-bond donors (Lipinski definition) is 0. The molecule has 3 aromatic heterocycles. The Kier molecular flexibility index (Phi) is 6.82. The number of nitrogens with zero attached hydrogens (tertiary/aromatic N) is 4. The number of benzene rings is 8. The Hall–Kier alpha value is -7.30. The number of para-hydroxylation sites is 5. The lowest BCUT2D eigenvalue weighted by Crippen LogP contribution is -1.97. The van der Waals surface area contributed by atoms with E-state index in [1.807, 2.05) is 12.1 Å². The Balaban J connectivity index is 1.08. The van der Waals surface area contributed by atoms with Crippen molar-refractivity contribution in [3.63, 3.8) is 0 Å². The lowest BCUT2D eigenvalue weighted by molar-refractivity contribution is 1.10. The molecule has 0 radical (unpaired) electrons. The summed E-state index contributed by atoms with van der Waals surface area (Å²) in [6.45, 7) is 0. The van der Waals surface area contributed by atoms with Gasteiger partial charge in [-0.3, -0.25) is 4.57 Å². The third-order valence-corrected chi connectivity index (χ3v) is 10.7. The van der Waals surface area contributed by atoms with E-state index in [0.29, 0.717) is 0 Å². The molecule has 0 saturated carbocycles. The van der Waals surface area contributed by atoms with E-state index in [-0.39, 0.29) is 0 Å². The minimum absolute atomic E-state index is 0.932. The summed E-state index contributed by atoms with van der Waals surface area (Å²) in [7, 11) is 0. The highest BCUT2D eigenvalue weighted by atomic mass is 15.1. The van der Waals surface area contributed by atoms with Crippen molar-refractivity contribution in [3.05, 3.63) is 194 Å². The predicted octanol–water partition coefficient (Wildman–Crippen LogP) is 12.8. The average molecular weight is 689 g/mol. The molecule has 11 aromatic rings. The molecule has 4 nitrogen and oxygen atoms in total. The van der Waals surface area contributed by atoms with Crippen molar-refractivity contribution in [2.24, 2.45) is 0 Å². The van der Waals surface area contributed by atoms with Gasteiger partial charge in [0.25, 0.3) is 0 Å². The highest BCUT2D eigenvalue weighted by Gasteiger charge is 2.18. The molecule has 252 valence electrons. The van der Waals surface area contributed by atoms with Crippen LogP contribution in [0.3, 0.4) is 0 Å². The summed E-state index contributed by atoms with van der Waals surface area (Å²) in [6.07, 6.45) is 0. The molecule has 3 heterocycles. The largest absolute Gasteiger partial charge is 0.309 e. The zero-order valence-electron chi connectivity index (χ0n) is 29.3. The van der Waals surface area contributed by atoms with Crippen molar-refractivity contribution >= 4 is 54.5 Å². The molecule has 0 fully saturated rings. The summed E-state index contributed by atoms with van der Waals surface area (Å²) in [5.41, 5.74) is 13.1. The van der Waals surface area contributed by atoms with Gasteiger partial charge in [-0.05, 0) is 83.2 Å². The molecule has 0 aliphatic rings. The maximum Gasteiger partial charge on any atom is 0.145 e. The van der Waals surface area contributed by atoms with Crippen LogP contribution < -0.4 is 0 Å². The lowest BCUT2D eigenvalue weighted by atomic mass is 9.96. The van der Waals surface area contributed by atoms with Gasteiger partial charge in [0, 0.05) is 44.0 Å². The second kappa shape index (κ2) is 12.1. The van der Waals surface area contributed by atoms with Crippen molar-refractivity contribution in [1.29, 1.82) is 0 Å². The molecule has 0 spiro atoms. The summed E-state index contributed by atoms with van der Waals surface area (Å²) in [6, 6.07) is 69.0. The minimum atomic E-state index is 0.932. The first-order valence-electron chi connectivity index (χ1n) is 18.3. The van der Waals surface area contributed by atoms with Crippen LogP contribution in [-0.4, -0.2) is 19.1 Å². The van der Waals surface area contributed by atoms with Crippen LogP contribution in [0.15, 0.2) is 194 Å². The van der Waals surface area contributed by atoms with Gasteiger partial charge >= 0.3 is 0 Å². The normalized spacial score (nSPS) is 11.7. The van der Waals surface area contributed by atoms with E-state index in [4.69, 9.17) is 9.97 Å². The Labute approximate surface area is 311 Å². The smallest absolute Gasteiger partial charge is 0.145 e. The standard InChI is InChI=1S/C50H32N4/c1-3-14-34(15-4-1)50-52-45-23-10-12-25-47(45)54(50)38-28-26-33(27-29-38)35-16-13-17-36(30-35)49-43-32-48-42(31-41(43)39-20-7-9-22-44(39)51-49)40-21-8-11-24-46(40)53(48)37-18-5-2-6-19-37/h1-32H. The Morgan fingerprint density at radius 3 is 1.74 bits per heavy atom. The first kappa shape index (κ1) is 30.3. The van der Waals surface area contributed by atoms with Crippen LogP contribution in [0.5, 0.6) is 0 Å². The van der Waals surface area contributed by atoms with E-state index < -0.39 is 0 Å². The van der Waals surface area contributed by atoms with Crippen molar-refractivity contribution in [1.82, 2.24) is 19.1 Å². The van der Waals surface area contributed by atoms with E-state index in [9.17, 15) is 0 Å². The van der Waals surface area contributed by atoms with Crippen molar-refractivity contribution in [2.45, 2.75) is 0 Å². The summed E-state index contributed by atoms with van der Waals surface area (Å²) in [5.74, 6) is 0.932. The molecule has 0 aliphatic heterocycles. The molecular weight excluding hydrogens is 657 g/mol. The highest BCUT2D eigenvalue weighted by Crippen LogP contribution is 2.40. The van der Waals surface area contributed by atoms with Crippen molar-refractivity contribution in [3.8, 4) is 45.1 Å². The third-order valence-electron chi connectivity index (χ3n) is 10.7. The van der Waals surface area contributed by atoms with E-state index in [2.05, 4.69) is 191 Å². The number of aromatic nitrogens is 4. The first-order valence-corrected chi connectivity index (χ1v) is 18.3. The van der Waals surface area contributed by atoms with E-state index in [0.717, 1.165) is 72.5 Å². The number of fused-ring (bicyclic) bond motifs is 7. The molecule has 4 heteroatoms. The fourth-order valence-corrected chi connectivity index (χ4v) is 8.21. The van der Waals surface area contributed by atoms with Gasteiger partial charge in [0.1, 0.15) is 5.82 Å². The quantitative estimate of drug-likeness (QED) is 0.169. The maximum absolute atomic E-state index is 5.37. The number of hydrogen-bond acceptors (Lipinski definition) is 2. The molecule has 0 saturated heterocycles. The molecule has 0 aliphatic carbocycles. The second-order valence-electron chi connectivity index (χ2n) is 13.8. The van der Waals surface area contributed by atoms with Gasteiger partial charge in [-0.25, -0.2) is 9.97 Å². The molecular formula is C50H32N4. The number of imidazole rings is 1. The van der Waals surface area contributed by atoms with E-state index in [1.54, 1.807) is 0 Å². The molecule has 0 bridgehead atoms. The van der Waals surface area contributed by atoms with Crippen molar-refractivity contribution < 1.29 is 0 Å². The average Bonchev–Trinajstić information content (AvgIpc) is 3.79. The van der Waals surface area contributed by atoms with Crippen LogP contribution in [0.2, 0.25) is 0 Å². The number of pyridine rings is 1. The van der Waals surface area contributed by atoms with Crippen LogP contribution in [0.4, 0.5) is 0 Å². The monoisotopic (exact) mass is 688 g/mol. The zero-order chi connectivity index (χ0) is 35.6. The molecule has 0 N–H and O–H groups in total. The minimum Gasteiger partial charge on any atom is -0.309 e. The van der Waals surface area contributed by atoms with Crippen molar-refractivity contribution in [2.75, 3.05) is 0 Å². The number of rotatable bonds is 5. The van der Waals surface area contributed by atoms with Gasteiger partial charge in [-0.2, -0.15) is 0 Å². The Bertz CT molecular complexity index is 3190.